The van der Waals surface area contributed by atoms with Crippen molar-refractivity contribution in [2.45, 2.75) is 13.3 Å². The molecule has 0 unspecified atom stereocenters. The summed E-state index contributed by atoms with van der Waals surface area (Å²) in [5.74, 6) is 0.715. The lowest BCUT2D eigenvalue weighted by Gasteiger charge is -2.09. The third-order valence-corrected chi connectivity index (χ3v) is 4.24. The van der Waals surface area contributed by atoms with Crippen LogP contribution in [0.4, 0.5) is 17.2 Å². The van der Waals surface area contributed by atoms with Crippen LogP contribution in [0.1, 0.15) is 23.0 Å². The van der Waals surface area contributed by atoms with Crippen molar-refractivity contribution in [3.8, 4) is 5.75 Å². The van der Waals surface area contributed by atoms with Crippen LogP contribution in [-0.2, 0) is 6.42 Å². The fraction of sp³-hybridized carbons (Fsp3) is 0.150. The van der Waals surface area contributed by atoms with E-state index in [0.717, 1.165) is 12.1 Å². The van der Waals surface area contributed by atoms with Gasteiger partial charge in [-0.05, 0) is 42.3 Å². The van der Waals surface area contributed by atoms with E-state index in [0.29, 0.717) is 22.3 Å². The number of nitrogens with zero attached hydrogens (tertiary/aromatic N) is 2. The Kier molecular flexibility index (Phi) is 5.88. The molecule has 3 aromatic rings. The highest BCUT2D eigenvalue weighted by Crippen LogP contribution is 2.27. The fourth-order valence-corrected chi connectivity index (χ4v) is 2.72. The summed E-state index contributed by atoms with van der Waals surface area (Å²) < 4.78 is 5.10. The summed E-state index contributed by atoms with van der Waals surface area (Å²) in [6.07, 6.45) is 2.33. The standard InChI is InChI=1S/C20H19ClN4O2/c1-3-13-4-6-14(7-5-13)24-19-11-17(22-12-23-19)20(26)25-15-8-9-18(27-2)16(21)10-15/h4-12H,3H2,1-2H3,(H,25,26)(H,22,23,24). The van der Waals surface area contributed by atoms with Crippen molar-refractivity contribution in [1.82, 2.24) is 9.97 Å². The number of anilines is 3. The topological polar surface area (TPSA) is 76.1 Å². The Labute approximate surface area is 162 Å². The smallest absolute Gasteiger partial charge is 0.274 e. The summed E-state index contributed by atoms with van der Waals surface area (Å²) in [6.45, 7) is 2.10. The van der Waals surface area contributed by atoms with E-state index in [4.69, 9.17) is 16.3 Å². The summed E-state index contributed by atoms with van der Waals surface area (Å²) in [7, 11) is 1.53. The first-order chi connectivity index (χ1) is 13.1. The molecule has 6 nitrogen and oxygen atoms in total. The van der Waals surface area contributed by atoms with Crippen LogP contribution >= 0.6 is 11.6 Å². The van der Waals surface area contributed by atoms with Crippen molar-refractivity contribution < 1.29 is 9.53 Å². The van der Waals surface area contributed by atoms with Gasteiger partial charge >= 0.3 is 0 Å². The van der Waals surface area contributed by atoms with E-state index < -0.39 is 0 Å². The number of amides is 1. The number of methoxy groups -OCH3 is 1. The minimum atomic E-state index is -0.358. The van der Waals surface area contributed by atoms with Crippen LogP contribution in [0.25, 0.3) is 0 Å². The van der Waals surface area contributed by atoms with Gasteiger partial charge in [-0.2, -0.15) is 0 Å². The second kappa shape index (κ2) is 8.51. The van der Waals surface area contributed by atoms with Crippen LogP contribution in [0.3, 0.4) is 0 Å². The predicted octanol–water partition coefficient (Wildman–Crippen LogP) is 4.70. The van der Waals surface area contributed by atoms with E-state index in [1.807, 2.05) is 24.3 Å². The van der Waals surface area contributed by atoms with Crippen molar-refractivity contribution in [2.24, 2.45) is 0 Å². The van der Waals surface area contributed by atoms with Gasteiger partial charge in [-0.3, -0.25) is 4.79 Å². The summed E-state index contributed by atoms with van der Waals surface area (Å²) in [5, 5.41) is 6.34. The maximum Gasteiger partial charge on any atom is 0.274 e. The molecule has 27 heavy (non-hydrogen) atoms. The van der Waals surface area contributed by atoms with E-state index >= 15 is 0 Å². The summed E-state index contributed by atoms with van der Waals surface area (Å²) >= 11 is 6.08. The molecule has 0 radical (unpaired) electrons. The lowest BCUT2D eigenvalue weighted by atomic mass is 10.1. The van der Waals surface area contributed by atoms with Crippen LogP contribution in [0.5, 0.6) is 5.75 Å². The van der Waals surface area contributed by atoms with Crippen LogP contribution in [-0.4, -0.2) is 23.0 Å². The average molecular weight is 383 g/mol. The zero-order valence-electron chi connectivity index (χ0n) is 15.0. The number of halogens is 1. The first kappa shape index (κ1) is 18.7. The molecule has 0 fully saturated rings. The van der Waals surface area contributed by atoms with Gasteiger partial charge in [0.05, 0.1) is 12.1 Å². The third kappa shape index (κ3) is 4.74. The van der Waals surface area contributed by atoms with E-state index in [1.54, 1.807) is 24.3 Å². The summed E-state index contributed by atoms with van der Waals surface area (Å²) in [4.78, 5) is 20.7. The van der Waals surface area contributed by atoms with Crippen molar-refractivity contribution >= 4 is 34.7 Å². The molecule has 0 atom stereocenters. The molecule has 0 aliphatic rings. The molecule has 7 heteroatoms. The monoisotopic (exact) mass is 382 g/mol. The van der Waals surface area contributed by atoms with E-state index in [9.17, 15) is 4.79 Å². The fourth-order valence-electron chi connectivity index (χ4n) is 2.46. The van der Waals surface area contributed by atoms with E-state index in [1.165, 1.54) is 19.0 Å². The number of aryl methyl sites for hydroxylation is 1. The Morgan fingerprint density at radius 1 is 1.07 bits per heavy atom. The molecular weight excluding hydrogens is 364 g/mol. The van der Waals surface area contributed by atoms with Gasteiger partial charge in [-0.25, -0.2) is 9.97 Å². The first-order valence-electron chi connectivity index (χ1n) is 8.42. The molecule has 0 aliphatic carbocycles. The quantitative estimate of drug-likeness (QED) is 0.646. The molecule has 3 rings (SSSR count). The number of aromatic nitrogens is 2. The van der Waals surface area contributed by atoms with Gasteiger partial charge < -0.3 is 15.4 Å². The molecule has 1 amide bonds. The molecule has 138 valence electrons. The van der Waals surface area contributed by atoms with Crippen LogP contribution in [0, 0.1) is 0 Å². The van der Waals surface area contributed by atoms with Gasteiger partial charge in [0.25, 0.3) is 5.91 Å². The minimum absolute atomic E-state index is 0.240. The molecule has 0 spiro atoms. The molecule has 0 saturated carbocycles. The maximum absolute atomic E-state index is 12.5. The second-order valence-electron chi connectivity index (χ2n) is 5.77. The Hall–Kier alpha value is -3.12. The highest BCUT2D eigenvalue weighted by atomic mass is 35.5. The third-order valence-electron chi connectivity index (χ3n) is 3.94. The van der Waals surface area contributed by atoms with Gasteiger partial charge in [0, 0.05) is 17.4 Å². The average Bonchev–Trinajstić information content (AvgIpc) is 2.69. The zero-order chi connectivity index (χ0) is 19.2. The number of benzene rings is 2. The van der Waals surface area contributed by atoms with Crippen LogP contribution in [0.15, 0.2) is 54.9 Å². The Balaban J connectivity index is 1.72. The summed E-state index contributed by atoms with van der Waals surface area (Å²) in [5.41, 5.74) is 2.93. The van der Waals surface area contributed by atoms with Gasteiger partial charge in [0.2, 0.25) is 0 Å². The number of carbonyl (C=O) groups excluding carboxylic acids is 1. The van der Waals surface area contributed by atoms with Gasteiger partial charge in [0.1, 0.15) is 23.6 Å². The molecular formula is C20H19ClN4O2. The van der Waals surface area contributed by atoms with Crippen LogP contribution in [0.2, 0.25) is 5.02 Å². The normalized spacial score (nSPS) is 10.3. The Morgan fingerprint density at radius 3 is 2.48 bits per heavy atom. The highest BCUT2D eigenvalue weighted by Gasteiger charge is 2.11. The molecule has 2 aromatic carbocycles. The second-order valence-corrected chi connectivity index (χ2v) is 6.17. The van der Waals surface area contributed by atoms with Crippen molar-refractivity contribution in [2.75, 3.05) is 17.7 Å². The maximum atomic E-state index is 12.5. The Morgan fingerprint density at radius 2 is 1.81 bits per heavy atom. The Bertz CT molecular complexity index is 945. The highest BCUT2D eigenvalue weighted by molar-refractivity contribution is 6.32. The van der Waals surface area contributed by atoms with E-state index in [-0.39, 0.29) is 11.6 Å². The minimum Gasteiger partial charge on any atom is -0.495 e. The van der Waals surface area contributed by atoms with Crippen molar-refractivity contribution in [1.29, 1.82) is 0 Å². The SMILES string of the molecule is CCc1ccc(Nc2cc(C(=O)Nc3ccc(OC)c(Cl)c3)ncn2)cc1. The lowest BCUT2D eigenvalue weighted by Crippen LogP contribution is -2.14. The predicted molar refractivity (Wildman–Crippen MR) is 107 cm³/mol. The number of ether oxygens (including phenoxy) is 1. The number of hydrogen-bond donors (Lipinski definition) is 2. The summed E-state index contributed by atoms with van der Waals surface area (Å²) in [6, 6.07) is 14.6. The van der Waals surface area contributed by atoms with E-state index in [2.05, 4.69) is 27.5 Å². The zero-order valence-corrected chi connectivity index (χ0v) is 15.7. The molecule has 1 aromatic heterocycles. The number of rotatable bonds is 6. The molecule has 1 heterocycles. The van der Waals surface area contributed by atoms with Gasteiger partial charge in [0.15, 0.2) is 0 Å². The molecule has 2 N–H and O–H groups in total. The van der Waals surface area contributed by atoms with Crippen molar-refractivity contribution in [3.05, 3.63) is 71.1 Å². The number of hydrogen-bond acceptors (Lipinski definition) is 5. The van der Waals surface area contributed by atoms with Crippen molar-refractivity contribution in [3.63, 3.8) is 0 Å². The van der Waals surface area contributed by atoms with Crippen LogP contribution < -0.4 is 15.4 Å². The number of carbonyl (C=O) groups is 1. The van der Waals surface area contributed by atoms with Gasteiger partial charge in [-0.15, -0.1) is 0 Å². The molecule has 0 bridgehead atoms. The largest absolute Gasteiger partial charge is 0.495 e. The molecule has 0 saturated heterocycles. The lowest BCUT2D eigenvalue weighted by molar-refractivity contribution is 0.102. The number of nitrogens with one attached hydrogen (secondary N) is 2. The first-order valence-corrected chi connectivity index (χ1v) is 8.79. The van der Waals surface area contributed by atoms with Gasteiger partial charge in [-0.1, -0.05) is 30.7 Å². The molecule has 0 aliphatic heterocycles.